The monoisotopic (exact) mass is 254 g/mol. The molecule has 0 heterocycles. The Labute approximate surface area is 108 Å². The van der Waals surface area contributed by atoms with E-state index in [9.17, 15) is 0 Å². The molecule has 0 saturated carbocycles. The number of methoxy groups -OCH3 is 2. The lowest BCUT2D eigenvalue weighted by molar-refractivity contribution is 0.193. The summed E-state index contributed by atoms with van der Waals surface area (Å²) >= 11 is 0. The third-order valence-electron chi connectivity index (χ3n) is 2.63. The zero-order valence-electron chi connectivity index (χ0n) is 11.7. The van der Waals surface area contributed by atoms with Crippen molar-refractivity contribution in [2.45, 2.75) is 26.2 Å². The van der Waals surface area contributed by atoms with Crippen molar-refractivity contribution in [3.63, 3.8) is 0 Å². The Kier molecular flexibility index (Phi) is 4.84. The Morgan fingerprint density at radius 1 is 1.11 bits per heavy atom. The van der Waals surface area contributed by atoms with E-state index in [0.29, 0.717) is 11.5 Å². The number of ether oxygens (including phenoxy) is 3. The number of benzene rings is 1. The van der Waals surface area contributed by atoms with Crippen LogP contribution >= 0.6 is 0 Å². The van der Waals surface area contributed by atoms with E-state index >= 15 is 0 Å². The van der Waals surface area contributed by atoms with Crippen LogP contribution in [0.25, 0.3) is 0 Å². The highest BCUT2D eigenvalue weighted by molar-refractivity contribution is 5.54. The minimum Gasteiger partial charge on any atom is -0.497 e. The lowest BCUT2D eigenvalue weighted by atomic mass is 9.86. The Hall–Kier alpha value is -1.42. The molecule has 0 spiro atoms. The maximum Gasteiger partial charge on any atom is 0.165 e. The Bertz CT molecular complexity index is 394. The van der Waals surface area contributed by atoms with Crippen LogP contribution in [0, 0.1) is 0 Å². The molecule has 0 radical (unpaired) electrons. The fraction of sp³-hybridized carbons (Fsp3) is 0.571. The van der Waals surface area contributed by atoms with Gasteiger partial charge < -0.3 is 19.3 Å². The molecule has 1 N–H and O–H groups in total. The van der Waals surface area contributed by atoms with Gasteiger partial charge in [-0.1, -0.05) is 20.8 Å². The normalized spacial score (nSPS) is 11.2. The summed E-state index contributed by atoms with van der Waals surface area (Å²) in [6.07, 6.45) is 0. The minimum absolute atomic E-state index is 0.0290. The predicted octanol–water partition coefficient (Wildman–Crippen LogP) is 2.37. The van der Waals surface area contributed by atoms with Crippen molar-refractivity contribution in [2.24, 2.45) is 0 Å². The van der Waals surface area contributed by atoms with Crippen LogP contribution in [0.5, 0.6) is 17.2 Å². The molecule has 0 unspecified atom stereocenters. The van der Waals surface area contributed by atoms with Gasteiger partial charge in [0.25, 0.3) is 0 Å². The summed E-state index contributed by atoms with van der Waals surface area (Å²) in [5, 5.41) is 8.90. The van der Waals surface area contributed by atoms with Crippen LogP contribution < -0.4 is 14.2 Å². The quantitative estimate of drug-likeness (QED) is 0.876. The molecule has 0 fully saturated rings. The minimum atomic E-state index is -0.105. The first-order valence-electron chi connectivity index (χ1n) is 5.94. The largest absolute Gasteiger partial charge is 0.497 e. The molecule has 18 heavy (non-hydrogen) atoms. The molecular formula is C14H22O4. The Balaban J connectivity index is 3.32. The van der Waals surface area contributed by atoms with Gasteiger partial charge in [0.05, 0.1) is 20.8 Å². The summed E-state index contributed by atoms with van der Waals surface area (Å²) < 4.78 is 16.2. The van der Waals surface area contributed by atoms with Gasteiger partial charge in [0.2, 0.25) is 0 Å². The van der Waals surface area contributed by atoms with Gasteiger partial charge in [-0.25, -0.2) is 0 Å². The molecule has 0 amide bonds. The molecule has 4 nitrogen and oxygen atoms in total. The first-order valence-corrected chi connectivity index (χ1v) is 5.94. The maximum atomic E-state index is 8.90. The second-order valence-electron chi connectivity index (χ2n) is 5.03. The first-order chi connectivity index (χ1) is 8.43. The number of aliphatic hydroxyl groups is 1. The average molecular weight is 254 g/mol. The van der Waals surface area contributed by atoms with E-state index in [1.807, 2.05) is 6.07 Å². The molecule has 0 atom stereocenters. The third kappa shape index (κ3) is 3.29. The van der Waals surface area contributed by atoms with E-state index in [0.717, 1.165) is 11.3 Å². The molecule has 0 aliphatic heterocycles. The smallest absolute Gasteiger partial charge is 0.165 e. The van der Waals surface area contributed by atoms with Crippen LogP contribution in [0.15, 0.2) is 12.1 Å². The summed E-state index contributed by atoms with van der Waals surface area (Å²) in [4.78, 5) is 0. The lowest BCUT2D eigenvalue weighted by Crippen LogP contribution is -2.15. The molecule has 1 aromatic carbocycles. The van der Waals surface area contributed by atoms with E-state index in [1.165, 1.54) is 0 Å². The highest BCUT2D eigenvalue weighted by atomic mass is 16.5. The van der Waals surface area contributed by atoms with Crippen molar-refractivity contribution in [1.82, 2.24) is 0 Å². The average Bonchev–Trinajstić information content (AvgIpc) is 2.34. The summed E-state index contributed by atoms with van der Waals surface area (Å²) in [5.74, 6) is 2.01. The van der Waals surface area contributed by atoms with Crippen LogP contribution in [0.4, 0.5) is 0 Å². The zero-order chi connectivity index (χ0) is 13.8. The summed E-state index contributed by atoms with van der Waals surface area (Å²) in [6.45, 7) is 6.48. The molecule has 0 aromatic heterocycles. The lowest BCUT2D eigenvalue weighted by Gasteiger charge is -2.25. The molecule has 0 bridgehead atoms. The van der Waals surface area contributed by atoms with E-state index in [-0.39, 0.29) is 18.6 Å². The van der Waals surface area contributed by atoms with Gasteiger partial charge in [0.1, 0.15) is 12.4 Å². The Morgan fingerprint density at radius 2 is 1.78 bits per heavy atom. The molecule has 1 rings (SSSR count). The predicted molar refractivity (Wildman–Crippen MR) is 70.8 cm³/mol. The molecule has 0 aliphatic carbocycles. The van der Waals surface area contributed by atoms with Crippen LogP contribution in [0.3, 0.4) is 0 Å². The highest BCUT2D eigenvalue weighted by Gasteiger charge is 2.23. The summed E-state index contributed by atoms with van der Waals surface area (Å²) in [7, 11) is 3.21. The molecule has 0 aliphatic rings. The molecular weight excluding hydrogens is 232 g/mol. The second kappa shape index (κ2) is 5.96. The second-order valence-corrected chi connectivity index (χ2v) is 5.03. The van der Waals surface area contributed by atoms with Crippen molar-refractivity contribution in [1.29, 1.82) is 0 Å². The van der Waals surface area contributed by atoms with Gasteiger partial charge in [0.15, 0.2) is 11.5 Å². The molecule has 102 valence electrons. The van der Waals surface area contributed by atoms with E-state index in [1.54, 1.807) is 20.3 Å². The van der Waals surface area contributed by atoms with Gasteiger partial charge in [-0.05, 0) is 11.5 Å². The van der Waals surface area contributed by atoms with Gasteiger partial charge in [-0.15, -0.1) is 0 Å². The van der Waals surface area contributed by atoms with Gasteiger partial charge in [-0.3, -0.25) is 0 Å². The van der Waals surface area contributed by atoms with Gasteiger partial charge in [0, 0.05) is 11.6 Å². The van der Waals surface area contributed by atoms with E-state index in [4.69, 9.17) is 19.3 Å². The summed E-state index contributed by atoms with van der Waals surface area (Å²) in [5.41, 5.74) is 0.888. The molecule has 4 heteroatoms. The van der Waals surface area contributed by atoms with Crippen molar-refractivity contribution in [3.05, 3.63) is 17.7 Å². The van der Waals surface area contributed by atoms with Crippen LogP contribution in [-0.4, -0.2) is 32.5 Å². The third-order valence-corrected chi connectivity index (χ3v) is 2.63. The standard InChI is InChI=1S/C14H22O4/c1-14(2,3)11-8-10(16-4)9-12(17-5)13(11)18-7-6-15/h8-9,15H,6-7H2,1-5H3. The van der Waals surface area contributed by atoms with Crippen molar-refractivity contribution >= 4 is 0 Å². The number of hydrogen-bond acceptors (Lipinski definition) is 4. The zero-order valence-corrected chi connectivity index (χ0v) is 11.7. The SMILES string of the molecule is COc1cc(OC)c(OCCO)c(C(C)(C)C)c1. The first kappa shape index (κ1) is 14.6. The van der Waals surface area contributed by atoms with Crippen molar-refractivity contribution < 1.29 is 19.3 Å². The van der Waals surface area contributed by atoms with Gasteiger partial charge >= 0.3 is 0 Å². The van der Waals surface area contributed by atoms with Crippen molar-refractivity contribution in [2.75, 3.05) is 27.4 Å². The maximum absolute atomic E-state index is 8.90. The fourth-order valence-corrected chi connectivity index (χ4v) is 1.70. The van der Waals surface area contributed by atoms with Crippen LogP contribution in [-0.2, 0) is 5.41 Å². The van der Waals surface area contributed by atoms with E-state index in [2.05, 4.69) is 20.8 Å². The summed E-state index contributed by atoms with van der Waals surface area (Å²) in [6, 6.07) is 3.72. The molecule has 0 saturated heterocycles. The van der Waals surface area contributed by atoms with E-state index < -0.39 is 0 Å². The number of rotatable bonds is 5. The molecule has 1 aromatic rings. The number of aliphatic hydroxyl groups excluding tert-OH is 1. The fourth-order valence-electron chi connectivity index (χ4n) is 1.70. The number of hydrogen-bond donors (Lipinski definition) is 1. The van der Waals surface area contributed by atoms with Crippen molar-refractivity contribution in [3.8, 4) is 17.2 Å². The highest BCUT2D eigenvalue weighted by Crippen LogP contribution is 2.41. The Morgan fingerprint density at radius 3 is 2.22 bits per heavy atom. The van der Waals surface area contributed by atoms with Gasteiger partial charge in [-0.2, -0.15) is 0 Å². The topological polar surface area (TPSA) is 47.9 Å². The van der Waals surface area contributed by atoms with Crippen LogP contribution in [0.2, 0.25) is 0 Å². The van der Waals surface area contributed by atoms with Crippen LogP contribution in [0.1, 0.15) is 26.3 Å².